The van der Waals surface area contributed by atoms with Crippen molar-refractivity contribution in [1.29, 1.82) is 0 Å². The maximum atomic E-state index is 12.1. The first-order chi connectivity index (χ1) is 8.56. The minimum absolute atomic E-state index is 0.151. The van der Waals surface area contributed by atoms with E-state index < -0.39 is 0 Å². The van der Waals surface area contributed by atoms with Gasteiger partial charge in [0.15, 0.2) is 0 Å². The van der Waals surface area contributed by atoms with Gasteiger partial charge < -0.3 is 10.2 Å². The Hall–Kier alpha value is -0.940. The predicted molar refractivity (Wildman–Crippen MR) is 73.7 cm³/mol. The molecule has 1 saturated heterocycles. The van der Waals surface area contributed by atoms with Crippen molar-refractivity contribution in [3.8, 4) is 0 Å². The van der Waals surface area contributed by atoms with Crippen molar-refractivity contribution in [2.75, 3.05) is 20.1 Å². The molecule has 1 atom stereocenters. The summed E-state index contributed by atoms with van der Waals surface area (Å²) >= 11 is 1.67. The second-order valence-electron chi connectivity index (χ2n) is 5.06. The second kappa shape index (κ2) is 5.80. The van der Waals surface area contributed by atoms with Gasteiger partial charge in [0.2, 0.25) is 5.91 Å². The molecule has 0 aliphatic carbocycles. The Labute approximate surface area is 112 Å². The van der Waals surface area contributed by atoms with E-state index in [9.17, 15) is 4.79 Å². The van der Waals surface area contributed by atoms with E-state index in [0.717, 1.165) is 36.6 Å². The fourth-order valence-electron chi connectivity index (χ4n) is 2.43. The average Bonchev–Trinajstić information content (AvgIpc) is 2.65. The zero-order valence-corrected chi connectivity index (χ0v) is 12.1. The summed E-state index contributed by atoms with van der Waals surface area (Å²) < 4.78 is 0. The molecule has 2 heterocycles. The van der Waals surface area contributed by atoms with Crippen LogP contribution in [0, 0.1) is 19.8 Å². The predicted octanol–water partition coefficient (Wildman–Crippen LogP) is 1.72. The van der Waals surface area contributed by atoms with Gasteiger partial charge in [0.1, 0.15) is 0 Å². The Morgan fingerprint density at radius 1 is 1.56 bits per heavy atom. The topological polar surface area (TPSA) is 45.2 Å². The number of aromatic nitrogens is 1. The van der Waals surface area contributed by atoms with Crippen LogP contribution in [0.25, 0.3) is 0 Å². The molecular formula is C13H21N3OS. The third-order valence-electron chi connectivity index (χ3n) is 3.42. The second-order valence-corrected chi connectivity index (χ2v) is 6.35. The molecule has 18 heavy (non-hydrogen) atoms. The van der Waals surface area contributed by atoms with Gasteiger partial charge in [-0.1, -0.05) is 0 Å². The minimum Gasteiger partial charge on any atom is -0.351 e. The smallest absolute Gasteiger partial charge is 0.224 e. The molecule has 2 rings (SSSR count). The summed E-state index contributed by atoms with van der Waals surface area (Å²) in [5.41, 5.74) is 1.04. The number of rotatable bonds is 3. The van der Waals surface area contributed by atoms with Gasteiger partial charge in [0.25, 0.3) is 0 Å². The number of aryl methyl sites for hydroxylation is 2. The molecule has 1 N–H and O–H groups in total. The molecule has 5 heteroatoms. The molecule has 1 aliphatic rings. The van der Waals surface area contributed by atoms with Crippen molar-refractivity contribution in [1.82, 2.24) is 15.2 Å². The molecule has 0 radical (unpaired) electrons. The number of likely N-dealkylation sites (tertiary alicyclic amines) is 1. The Balaban J connectivity index is 1.86. The first-order valence-electron chi connectivity index (χ1n) is 6.45. The Kier molecular flexibility index (Phi) is 4.35. The van der Waals surface area contributed by atoms with Gasteiger partial charge in [0, 0.05) is 11.4 Å². The fraction of sp³-hybridized carbons (Fsp3) is 0.692. The average molecular weight is 267 g/mol. The number of hydrogen-bond donors (Lipinski definition) is 1. The molecule has 0 saturated carbocycles. The van der Waals surface area contributed by atoms with Gasteiger partial charge in [-0.05, 0) is 40.3 Å². The van der Waals surface area contributed by atoms with E-state index in [2.05, 4.69) is 22.2 Å². The zero-order chi connectivity index (χ0) is 13.1. The number of nitrogens with zero attached hydrogens (tertiary/aromatic N) is 2. The molecule has 0 bridgehead atoms. The normalized spacial score (nSPS) is 20.9. The standard InChI is InChI=1S/C13H21N3OS/c1-9-12(18-10(2)15-9)7-14-13(17)11-5-4-6-16(3)8-11/h11H,4-8H2,1-3H3,(H,14,17). The van der Waals surface area contributed by atoms with E-state index in [-0.39, 0.29) is 11.8 Å². The maximum absolute atomic E-state index is 12.1. The van der Waals surface area contributed by atoms with Crippen LogP contribution in [0.15, 0.2) is 0 Å². The van der Waals surface area contributed by atoms with Crippen molar-refractivity contribution in [3.05, 3.63) is 15.6 Å². The number of thiazole rings is 1. The Morgan fingerprint density at radius 2 is 2.33 bits per heavy atom. The van der Waals surface area contributed by atoms with Crippen LogP contribution < -0.4 is 5.32 Å². The Bertz CT molecular complexity index is 430. The van der Waals surface area contributed by atoms with Gasteiger partial charge in [-0.3, -0.25) is 4.79 Å². The summed E-state index contributed by atoms with van der Waals surface area (Å²) in [6.45, 7) is 6.61. The summed E-state index contributed by atoms with van der Waals surface area (Å²) in [6.07, 6.45) is 2.13. The van der Waals surface area contributed by atoms with Gasteiger partial charge in [-0.15, -0.1) is 11.3 Å². The molecule has 1 aromatic heterocycles. The zero-order valence-electron chi connectivity index (χ0n) is 11.3. The first kappa shape index (κ1) is 13.5. The SMILES string of the molecule is Cc1nc(C)c(CNC(=O)C2CCCN(C)C2)s1. The van der Waals surface area contributed by atoms with Gasteiger partial charge >= 0.3 is 0 Å². The third kappa shape index (κ3) is 3.29. The molecule has 0 spiro atoms. The number of carbonyl (C=O) groups is 1. The lowest BCUT2D eigenvalue weighted by Gasteiger charge is -2.28. The molecule has 0 aromatic carbocycles. The highest BCUT2D eigenvalue weighted by Crippen LogP contribution is 2.18. The maximum Gasteiger partial charge on any atom is 0.224 e. The highest BCUT2D eigenvalue weighted by atomic mass is 32.1. The highest BCUT2D eigenvalue weighted by Gasteiger charge is 2.23. The first-order valence-corrected chi connectivity index (χ1v) is 7.27. The van der Waals surface area contributed by atoms with Gasteiger partial charge in [-0.25, -0.2) is 4.98 Å². The highest BCUT2D eigenvalue weighted by molar-refractivity contribution is 7.11. The van der Waals surface area contributed by atoms with Crippen molar-refractivity contribution < 1.29 is 4.79 Å². The molecule has 1 fully saturated rings. The lowest BCUT2D eigenvalue weighted by molar-refractivity contribution is -0.126. The summed E-state index contributed by atoms with van der Waals surface area (Å²) in [6, 6.07) is 0. The number of piperidine rings is 1. The van der Waals surface area contributed by atoms with Crippen molar-refractivity contribution in [2.45, 2.75) is 33.2 Å². The number of hydrogen-bond acceptors (Lipinski definition) is 4. The van der Waals surface area contributed by atoms with Gasteiger partial charge in [-0.2, -0.15) is 0 Å². The minimum atomic E-state index is 0.151. The lowest BCUT2D eigenvalue weighted by atomic mass is 9.98. The third-order valence-corrected chi connectivity index (χ3v) is 4.49. The summed E-state index contributed by atoms with van der Waals surface area (Å²) in [5.74, 6) is 0.338. The molecule has 4 nitrogen and oxygen atoms in total. The summed E-state index contributed by atoms with van der Waals surface area (Å²) in [4.78, 5) is 19.9. The molecule has 1 amide bonds. The van der Waals surface area contributed by atoms with Crippen molar-refractivity contribution >= 4 is 17.2 Å². The molecule has 1 aliphatic heterocycles. The molecular weight excluding hydrogens is 246 g/mol. The van der Waals surface area contributed by atoms with Crippen molar-refractivity contribution in [3.63, 3.8) is 0 Å². The molecule has 1 aromatic rings. The monoisotopic (exact) mass is 267 g/mol. The van der Waals surface area contributed by atoms with Crippen LogP contribution in [0.3, 0.4) is 0 Å². The lowest BCUT2D eigenvalue weighted by Crippen LogP contribution is -2.41. The molecule has 100 valence electrons. The fourth-order valence-corrected chi connectivity index (χ4v) is 3.31. The van der Waals surface area contributed by atoms with Crippen LogP contribution in [0.1, 0.15) is 28.4 Å². The summed E-state index contributed by atoms with van der Waals surface area (Å²) in [5, 5.41) is 4.11. The van der Waals surface area contributed by atoms with Crippen LogP contribution in [-0.4, -0.2) is 35.9 Å². The number of carbonyl (C=O) groups excluding carboxylic acids is 1. The van der Waals surface area contributed by atoms with E-state index in [1.807, 2.05) is 13.8 Å². The molecule has 1 unspecified atom stereocenters. The van der Waals surface area contributed by atoms with E-state index in [0.29, 0.717) is 6.54 Å². The number of nitrogens with one attached hydrogen (secondary N) is 1. The van der Waals surface area contributed by atoms with E-state index >= 15 is 0 Å². The van der Waals surface area contributed by atoms with Crippen LogP contribution >= 0.6 is 11.3 Å². The van der Waals surface area contributed by atoms with Crippen LogP contribution in [0.2, 0.25) is 0 Å². The van der Waals surface area contributed by atoms with Crippen LogP contribution in [0.5, 0.6) is 0 Å². The van der Waals surface area contributed by atoms with Crippen molar-refractivity contribution in [2.24, 2.45) is 5.92 Å². The van der Waals surface area contributed by atoms with E-state index in [1.54, 1.807) is 11.3 Å². The largest absolute Gasteiger partial charge is 0.351 e. The van der Waals surface area contributed by atoms with E-state index in [1.165, 1.54) is 4.88 Å². The summed E-state index contributed by atoms with van der Waals surface area (Å²) in [7, 11) is 2.08. The van der Waals surface area contributed by atoms with Gasteiger partial charge in [0.05, 0.1) is 23.2 Å². The number of amides is 1. The van der Waals surface area contributed by atoms with Crippen LogP contribution in [-0.2, 0) is 11.3 Å². The quantitative estimate of drug-likeness (QED) is 0.907. The van der Waals surface area contributed by atoms with E-state index in [4.69, 9.17) is 0 Å². The Morgan fingerprint density at radius 3 is 2.94 bits per heavy atom. The van der Waals surface area contributed by atoms with Crippen LogP contribution in [0.4, 0.5) is 0 Å².